The van der Waals surface area contributed by atoms with Gasteiger partial charge in [0.05, 0.1) is 17.6 Å². The minimum Gasteiger partial charge on any atom is -0.399 e. The van der Waals surface area contributed by atoms with E-state index in [1.54, 1.807) is 11.0 Å². The number of hydrogen-bond acceptors (Lipinski definition) is 4. The average Bonchev–Trinajstić information content (AvgIpc) is 2.94. The lowest BCUT2D eigenvalue weighted by Crippen LogP contribution is -2.06. The number of anilines is 1. The molecule has 2 heterocycles. The fraction of sp³-hybridized carbons (Fsp3) is 0.308. The Morgan fingerprint density at radius 2 is 2.16 bits per heavy atom. The second kappa shape index (κ2) is 4.38. The highest BCUT2D eigenvalue weighted by atomic mass is 15.3. The summed E-state index contributed by atoms with van der Waals surface area (Å²) in [6, 6.07) is 5.79. The molecule has 1 aromatic carbocycles. The van der Waals surface area contributed by atoms with Crippen LogP contribution < -0.4 is 5.73 Å². The summed E-state index contributed by atoms with van der Waals surface area (Å²) in [6.45, 7) is 2.72. The molecule has 0 amide bonds. The first kappa shape index (κ1) is 11.7. The molecule has 6 heteroatoms. The van der Waals surface area contributed by atoms with Crippen LogP contribution in [0.3, 0.4) is 0 Å². The first-order chi connectivity index (χ1) is 9.17. The average molecular weight is 256 g/mol. The van der Waals surface area contributed by atoms with Crippen molar-refractivity contribution in [1.29, 1.82) is 0 Å². The maximum absolute atomic E-state index is 5.80. The van der Waals surface area contributed by atoms with Crippen molar-refractivity contribution in [2.45, 2.75) is 19.9 Å². The number of fused-ring (bicyclic) bond motifs is 1. The van der Waals surface area contributed by atoms with E-state index in [4.69, 9.17) is 5.73 Å². The van der Waals surface area contributed by atoms with Gasteiger partial charge in [0, 0.05) is 19.2 Å². The van der Waals surface area contributed by atoms with Crippen molar-refractivity contribution in [1.82, 2.24) is 24.3 Å². The van der Waals surface area contributed by atoms with Crippen LogP contribution in [0.1, 0.15) is 18.6 Å². The fourth-order valence-corrected chi connectivity index (χ4v) is 2.24. The lowest BCUT2D eigenvalue weighted by molar-refractivity contribution is 0.688. The summed E-state index contributed by atoms with van der Waals surface area (Å²) >= 11 is 0. The van der Waals surface area contributed by atoms with Gasteiger partial charge in [0.15, 0.2) is 5.82 Å². The zero-order valence-corrected chi connectivity index (χ0v) is 11.0. The molecule has 0 aliphatic rings. The van der Waals surface area contributed by atoms with Crippen LogP contribution in [-0.2, 0) is 20.0 Å². The molecule has 0 saturated heterocycles. The highest BCUT2D eigenvalue weighted by Crippen LogP contribution is 2.20. The van der Waals surface area contributed by atoms with Gasteiger partial charge in [-0.25, -0.2) is 9.97 Å². The number of nitrogens with zero attached hydrogens (tertiary/aromatic N) is 5. The molecule has 0 fully saturated rings. The Balaban J connectivity index is 2.10. The van der Waals surface area contributed by atoms with Crippen molar-refractivity contribution in [2.24, 2.45) is 7.05 Å². The Bertz CT molecular complexity index is 724. The van der Waals surface area contributed by atoms with E-state index >= 15 is 0 Å². The highest BCUT2D eigenvalue weighted by Gasteiger charge is 2.11. The maximum atomic E-state index is 5.80. The lowest BCUT2D eigenvalue weighted by atomic mass is 10.3. The van der Waals surface area contributed by atoms with Crippen LogP contribution in [0.15, 0.2) is 24.5 Å². The quantitative estimate of drug-likeness (QED) is 0.718. The molecule has 0 atom stereocenters. The Morgan fingerprint density at radius 3 is 2.84 bits per heavy atom. The molecule has 19 heavy (non-hydrogen) atoms. The first-order valence-corrected chi connectivity index (χ1v) is 6.26. The molecule has 2 aromatic heterocycles. The number of aryl methyl sites for hydroxylation is 2. The zero-order chi connectivity index (χ0) is 13.4. The molecule has 0 saturated carbocycles. The van der Waals surface area contributed by atoms with Gasteiger partial charge in [0.1, 0.15) is 12.2 Å². The summed E-state index contributed by atoms with van der Waals surface area (Å²) < 4.78 is 3.85. The molecule has 3 rings (SSSR count). The van der Waals surface area contributed by atoms with E-state index in [-0.39, 0.29) is 0 Å². The second-order valence-corrected chi connectivity index (χ2v) is 4.55. The van der Waals surface area contributed by atoms with E-state index < -0.39 is 0 Å². The molecule has 2 N–H and O–H groups in total. The minimum absolute atomic E-state index is 0.629. The Hall–Kier alpha value is -2.37. The topological polar surface area (TPSA) is 74.5 Å². The van der Waals surface area contributed by atoms with Crippen LogP contribution in [0.2, 0.25) is 0 Å². The Morgan fingerprint density at radius 1 is 1.32 bits per heavy atom. The van der Waals surface area contributed by atoms with Crippen LogP contribution in [0.4, 0.5) is 5.69 Å². The molecule has 0 unspecified atom stereocenters. The SMILES string of the molecule is CCc1nc2cc(N)ccc2n1Cc1ncn(C)n1. The van der Waals surface area contributed by atoms with Gasteiger partial charge in [-0.2, -0.15) is 5.10 Å². The van der Waals surface area contributed by atoms with Gasteiger partial charge in [-0.05, 0) is 18.2 Å². The number of imidazole rings is 1. The van der Waals surface area contributed by atoms with Gasteiger partial charge >= 0.3 is 0 Å². The molecule has 0 aliphatic heterocycles. The van der Waals surface area contributed by atoms with Crippen molar-refractivity contribution in [3.8, 4) is 0 Å². The second-order valence-electron chi connectivity index (χ2n) is 4.55. The Labute approximate surface area is 110 Å². The number of hydrogen-bond donors (Lipinski definition) is 1. The third-order valence-electron chi connectivity index (χ3n) is 3.11. The van der Waals surface area contributed by atoms with Gasteiger partial charge in [0.2, 0.25) is 0 Å². The highest BCUT2D eigenvalue weighted by molar-refractivity contribution is 5.79. The molecule has 0 radical (unpaired) electrons. The number of benzene rings is 1. The monoisotopic (exact) mass is 256 g/mol. The maximum Gasteiger partial charge on any atom is 0.170 e. The molecule has 3 aromatic rings. The minimum atomic E-state index is 0.629. The zero-order valence-electron chi connectivity index (χ0n) is 11.0. The van der Waals surface area contributed by atoms with E-state index in [9.17, 15) is 0 Å². The van der Waals surface area contributed by atoms with E-state index in [1.165, 1.54) is 0 Å². The predicted octanol–water partition coefficient (Wildman–Crippen LogP) is 1.36. The first-order valence-electron chi connectivity index (χ1n) is 6.26. The fourth-order valence-electron chi connectivity index (χ4n) is 2.24. The van der Waals surface area contributed by atoms with Gasteiger partial charge in [0.25, 0.3) is 0 Å². The van der Waals surface area contributed by atoms with Crippen molar-refractivity contribution < 1.29 is 0 Å². The van der Waals surface area contributed by atoms with Crippen LogP contribution in [-0.4, -0.2) is 24.3 Å². The summed E-state index contributed by atoms with van der Waals surface area (Å²) in [5.74, 6) is 1.81. The number of nitrogen functional groups attached to an aromatic ring is 1. The summed E-state index contributed by atoms with van der Waals surface area (Å²) in [4.78, 5) is 8.88. The molecule has 98 valence electrons. The standard InChI is InChI=1S/C13H16N6/c1-3-13-16-10-6-9(14)4-5-11(10)19(13)7-12-15-8-18(2)17-12/h4-6,8H,3,7,14H2,1-2H3. The molecular formula is C13H16N6. The third-order valence-corrected chi connectivity index (χ3v) is 3.11. The molecule has 0 aliphatic carbocycles. The number of rotatable bonds is 3. The molecule has 0 bridgehead atoms. The van der Waals surface area contributed by atoms with E-state index in [0.717, 1.165) is 34.8 Å². The van der Waals surface area contributed by atoms with E-state index in [1.807, 2.05) is 25.2 Å². The van der Waals surface area contributed by atoms with E-state index in [2.05, 4.69) is 26.6 Å². The molecular weight excluding hydrogens is 240 g/mol. The van der Waals surface area contributed by atoms with Crippen molar-refractivity contribution in [2.75, 3.05) is 5.73 Å². The van der Waals surface area contributed by atoms with Crippen LogP contribution in [0.5, 0.6) is 0 Å². The van der Waals surface area contributed by atoms with Gasteiger partial charge in [-0.15, -0.1) is 0 Å². The van der Waals surface area contributed by atoms with Crippen molar-refractivity contribution >= 4 is 16.7 Å². The van der Waals surface area contributed by atoms with Crippen LogP contribution in [0, 0.1) is 0 Å². The lowest BCUT2D eigenvalue weighted by Gasteiger charge is -2.05. The van der Waals surface area contributed by atoms with Crippen molar-refractivity contribution in [3.63, 3.8) is 0 Å². The molecule has 6 nitrogen and oxygen atoms in total. The Kier molecular flexibility index (Phi) is 2.70. The van der Waals surface area contributed by atoms with Crippen LogP contribution >= 0.6 is 0 Å². The van der Waals surface area contributed by atoms with Gasteiger partial charge < -0.3 is 10.3 Å². The molecule has 0 spiro atoms. The predicted molar refractivity (Wildman–Crippen MR) is 73.6 cm³/mol. The number of aromatic nitrogens is 5. The van der Waals surface area contributed by atoms with Crippen LogP contribution in [0.25, 0.3) is 11.0 Å². The third kappa shape index (κ3) is 2.05. The smallest absolute Gasteiger partial charge is 0.170 e. The summed E-state index contributed by atoms with van der Waals surface area (Å²) in [7, 11) is 1.87. The summed E-state index contributed by atoms with van der Waals surface area (Å²) in [5, 5.41) is 4.32. The summed E-state index contributed by atoms with van der Waals surface area (Å²) in [6.07, 6.45) is 2.57. The van der Waals surface area contributed by atoms with Gasteiger partial charge in [-0.3, -0.25) is 4.68 Å². The van der Waals surface area contributed by atoms with Gasteiger partial charge in [-0.1, -0.05) is 6.92 Å². The van der Waals surface area contributed by atoms with Crippen molar-refractivity contribution in [3.05, 3.63) is 36.2 Å². The largest absolute Gasteiger partial charge is 0.399 e. The number of nitrogens with two attached hydrogens (primary N) is 1. The summed E-state index contributed by atoms with van der Waals surface area (Å²) in [5.41, 5.74) is 8.53. The normalized spacial score (nSPS) is 11.3. The van der Waals surface area contributed by atoms with E-state index in [0.29, 0.717) is 6.54 Å².